The molecule has 0 unspecified atom stereocenters. The molecule has 0 atom stereocenters. The number of non-ortho nitro benzene ring substituents is 1. The molecule has 0 spiro atoms. The van der Waals surface area contributed by atoms with Crippen LogP contribution in [0.15, 0.2) is 36.4 Å². The normalized spacial score (nSPS) is 10.8. The summed E-state index contributed by atoms with van der Waals surface area (Å²) in [7, 11) is 3.13. The number of hydrogen-bond acceptors (Lipinski definition) is 5. The zero-order valence-electron chi connectivity index (χ0n) is 11.5. The summed E-state index contributed by atoms with van der Waals surface area (Å²) in [6.07, 6.45) is 0. The number of ether oxygens (including phenoxy) is 2. The molecule has 0 saturated heterocycles. The summed E-state index contributed by atoms with van der Waals surface area (Å²) in [6.45, 7) is 0. The highest BCUT2D eigenvalue weighted by molar-refractivity contribution is 5.96. The second-order valence-electron chi connectivity index (χ2n) is 4.52. The lowest BCUT2D eigenvalue weighted by Crippen LogP contribution is -1.92. The van der Waals surface area contributed by atoms with Gasteiger partial charge in [-0.15, -0.1) is 0 Å². The van der Waals surface area contributed by atoms with Gasteiger partial charge in [-0.2, -0.15) is 0 Å². The molecule has 0 aliphatic heterocycles. The minimum absolute atomic E-state index is 0.0403. The highest BCUT2D eigenvalue weighted by atomic mass is 16.6. The van der Waals surface area contributed by atoms with Crippen molar-refractivity contribution in [2.45, 2.75) is 0 Å². The number of pyridine rings is 1. The van der Waals surface area contributed by atoms with E-state index in [1.165, 1.54) is 12.1 Å². The molecule has 0 aliphatic rings. The molecule has 0 bridgehead atoms. The molecule has 1 heterocycles. The molecule has 6 heteroatoms. The topological polar surface area (TPSA) is 74.5 Å². The van der Waals surface area contributed by atoms with Gasteiger partial charge in [-0.1, -0.05) is 0 Å². The Bertz CT molecular complexity index is 861. The van der Waals surface area contributed by atoms with Gasteiger partial charge in [0, 0.05) is 29.0 Å². The summed E-state index contributed by atoms with van der Waals surface area (Å²) in [5.74, 6) is 1.25. The number of fused-ring (bicyclic) bond motifs is 2. The Morgan fingerprint density at radius 1 is 1.05 bits per heavy atom. The quantitative estimate of drug-likeness (QED) is 0.419. The monoisotopic (exact) mass is 284 g/mol. The minimum Gasteiger partial charge on any atom is -0.497 e. The van der Waals surface area contributed by atoms with E-state index in [2.05, 4.69) is 4.98 Å². The zero-order chi connectivity index (χ0) is 15.0. The van der Waals surface area contributed by atoms with Crippen LogP contribution in [-0.2, 0) is 0 Å². The molecule has 3 aromatic rings. The molecule has 21 heavy (non-hydrogen) atoms. The van der Waals surface area contributed by atoms with Gasteiger partial charge in [0.15, 0.2) is 0 Å². The van der Waals surface area contributed by atoms with E-state index in [1.807, 2.05) is 12.1 Å². The lowest BCUT2D eigenvalue weighted by Gasteiger charge is -2.09. The van der Waals surface area contributed by atoms with Gasteiger partial charge >= 0.3 is 0 Å². The first kappa shape index (κ1) is 13.1. The van der Waals surface area contributed by atoms with E-state index in [4.69, 9.17) is 9.47 Å². The third kappa shape index (κ3) is 2.20. The molecular formula is C15H12N2O4. The molecule has 6 nitrogen and oxygen atoms in total. The van der Waals surface area contributed by atoms with Crippen molar-refractivity contribution in [1.82, 2.24) is 4.98 Å². The van der Waals surface area contributed by atoms with Crippen LogP contribution >= 0.6 is 0 Å². The molecule has 0 aliphatic carbocycles. The fraction of sp³-hybridized carbons (Fsp3) is 0.133. The SMILES string of the molecule is COc1cc(OC)c2nc3ccc([N+](=O)[O-])cc3cc2c1. The van der Waals surface area contributed by atoms with E-state index in [1.54, 1.807) is 26.4 Å². The Morgan fingerprint density at radius 3 is 2.52 bits per heavy atom. The predicted octanol–water partition coefficient (Wildman–Crippen LogP) is 3.31. The number of nitro benzene ring substituents is 1. The van der Waals surface area contributed by atoms with Gasteiger partial charge in [-0.3, -0.25) is 10.1 Å². The van der Waals surface area contributed by atoms with Crippen LogP contribution in [0.5, 0.6) is 11.5 Å². The first-order valence-electron chi connectivity index (χ1n) is 6.23. The largest absolute Gasteiger partial charge is 0.497 e. The Kier molecular flexibility index (Phi) is 3.06. The molecule has 0 saturated carbocycles. The number of rotatable bonds is 3. The average molecular weight is 284 g/mol. The van der Waals surface area contributed by atoms with Crippen LogP contribution in [-0.4, -0.2) is 24.1 Å². The molecule has 0 radical (unpaired) electrons. The predicted molar refractivity (Wildman–Crippen MR) is 79.0 cm³/mol. The second kappa shape index (κ2) is 4.90. The molecule has 3 rings (SSSR count). The van der Waals surface area contributed by atoms with Gasteiger partial charge in [-0.05, 0) is 18.2 Å². The van der Waals surface area contributed by atoms with Crippen molar-refractivity contribution in [3.8, 4) is 11.5 Å². The molecule has 0 N–H and O–H groups in total. The van der Waals surface area contributed by atoms with Crippen molar-refractivity contribution >= 4 is 27.5 Å². The van der Waals surface area contributed by atoms with Gasteiger partial charge in [-0.25, -0.2) is 4.98 Å². The van der Waals surface area contributed by atoms with Gasteiger partial charge in [0.05, 0.1) is 24.7 Å². The number of nitro groups is 1. The van der Waals surface area contributed by atoms with E-state index < -0.39 is 4.92 Å². The molecule has 2 aromatic carbocycles. The number of aromatic nitrogens is 1. The maximum absolute atomic E-state index is 10.9. The standard InChI is InChI=1S/C15H12N2O4/c1-20-12-7-10-5-9-6-11(17(18)19)3-4-13(9)16-15(10)14(8-12)21-2/h3-8H,1-2H3. The van der Waals surface area contributed by atoms with Crippen molar-refractivity contribution in [2.24, 2.45) is 0 Å². The highest BCUT2D eigenvalue weighted by Gasteiger charge is 2.11. The van der Waals surface area contributed by atoms with Gasteiger partial charge < -0.3 is 9.47 Å². The Balaban J connectivity index is 2.34. The van der Waals surface area contributed by atoms with Crippen molar-refractivity contribution in [3.63, 3.8) is 0 Å². The van der Waals surface area contributed by atoms with E-state index in [0.29, 0.717) is 27.9 Å². The summed E-state index contributed by atoms with van der Waals surface area (Å²) in [6, 6.07) is 10.0. The van der Waals surface area contributed by atoms with E-state index >= 15 is 0 Å². The maximum Gasteiger partial charge on any atom is 0.270 e. The van der Waals surface area contributed by atoms with E-state index in [0.717, 1.165) is 5.39 Å². The van der Waals surface area contributed by atoms with Crippen LogP contribution in [0.3, 0.4) is 0 Å². The van der Waals surface area contributed by atoms with Crippen molar-refractivity contribution in [2.75, 3.05) is 14.2 Å². The number of nitrogens with zero attached hydrogens (tertiary/aromatic N) is 2. The Morgan fingerprint density at radius 2 is 1.86 bits per heavy atom. The fourth-order valence-corrected chi connectivity index (χ4v) is 2.27. The average Bonchev–Trinajstić information content (AvgIpc) is 2.51. The molecule has 0 amide bonds. The third-order valence-electron chi connectivity index (χ3n) is 3.30. The summed E-state index contributed by atoms with van der Waals surface area (Å²) >= 11 is 0. The summed E-state index contributed by atoms with van der Waals surface area (Å²) in [4.78, 5) is 15.0. The first-order valence-corrected chi connectivity index (χ1v) is 6.23. The van der Waals surface area contributed by atoms with Crippen molar-refractivity contribution in [3.05, 3.63) is 46.5 Å². The summed E-state index contributed by atoms with van der Waals surface area (Å²) in [5.41, 5.74) is 1.41. The molecule has 1 aromatic heterocycles. The number of methoxy groups -OCH3 is 2. The molecule has 0 fully saturated rings. The first-order chi connectivity index (χ1) is 10.1. The highest BCUT2D eigenvalue weighted by Crippen LogP contribution is 2.32. The van der Waals surface area contributed by atoms with Gasteiger partial charge in [0.2, 0.25) is 0 Å². The zero-order valence-corrected chi connectivity index (χ0v) is 11.5. The lowest BCUT2D eigenvalue weighted by atomic mass is 10.1. The minimum atomic E-state index is -0.421. The lowest BCUT2D eigenvalue weighted by molar-refractivity contribution is -0.384. The fourth-order valence-electron chi connectivity index (χ4n) is 2.27. The summed E-state index contributed by atoms with van der Waals surface area (Å²) in [5, 5.41) is 12.4. The van der Waals surface area contributed by atoms with Crippen LogP contribution in [0.25, 0.3) is 21.8 Å². The van der Waals surface area contributed by atoms with Crippen LogP contribution in [0, 0.1) is 10.1 Å². The van der Waals surface area contributed by atoms with E-state index in [9.17, 15) is 10.1 Å². The smallest absolute Gasteiger partial charge is 0.270 e. The molecule has 106 valence electrons. The Labute approximate surface area is 120 Å². The van der Waals surface area contributed by atoms with Crippen LogP contribution in [0.4, 0.5) is 5.69 Å². The maximum atomic E-state index is 10.9. The van der Waals surface area contributed by atoms with Crippen molar-refractivity contribution in [1.29, 1.82) is 0 Å². The van der Waals surface area contributed by atoms with Gasteiger partial charge in [0.1, 0.15) is 17.0 Å². The number of hydrogen-bond donors (Lipinski definition) is 0. The Hall–Kier alpha value is -2.89. The number of benzene rings is 2. The summed E-state index contributed by atoms with van der Waals surface area (Å²) < 4.78 is 10.6. The van der Waals surface area contributed by atoms with Crippen LogP contribution < -0.4 is 9.47 Å². The van der Waals surface area contributed by atoms with Crippen molar-refractivity contribution < 1.29 is 14.4 Å². The second-order valence-corrected chi connectivity index (χ2v) is 4.52. The van der Waals surface area contributed by atoms with Crippen LogP contribution in [0.1, 0.15) is 0 Å². The molecular weight excluding hydrogens is 272 g/mol. The van der Waals surface area contributed by atoms with Crippen LogP contribution in [0.2, 0.25) is 0 Å². The third-order valence-corrected chi connectivity index (χ3v) is 3.30. The van der Waals surface area contributed by atoms with Gasteiger partial charge in [0.25, 0.3) is 5.69 Å². The van der Waals surface area contributed by atoms with E-state index in [-0.39, 0.29) is 5.69 Å².